The first kappa shape index (κ1) is 14.8. The summed E-state index contributed by atoms with van der Waals surface area (Å²) in [6, 6.07) is 0.298. The van der Waals surface area contributed by atoms with Crippen LogP contribution in [0.5, 0.6) is 0 Å². The van der Waals surface area contributed by atoms with E-state index >= 15 is 0 Å². The van der Waals surface area contributed by atoms with Gasteiger partial charge in [-0.25, -0.2) is 0 Å². The molecule has 2 fully saturated rings. The Morgan fingerprint density at radius 3 is 2.16 bits per heavy atom. The number of rotatable bonds is 3. The van der Waals surface area contributed by atoms with Crippen LogP contribution in [0, 0.1) is 11.8 Å². The molecule has 3 nitrogen and oxygen atoms in total. The highest BCUT2D eigenvalue weighted by Gasteiger charge is 2.24. The van der Waals surface area contributed by atoms with Crippen LogP contribution in [0.25, 0.3) is 0 Å². The average Bonchev–Trinajstić information content (AvgIpc) is 2.37. The third kappa shape index (κ3) is 4.79. The first-order valence-electron chi connectivity index (χ1n) is 8.30. The summed E-state index contributed by atoms with van der Waals surface area (Å²) in [5, 5.41) is 3.18. The largest absolute Gasteiger partial charge is 0.356 e. The second-order valence-corrected chi connectivity index (χ2v) is 6.50. The van der Waals surface area contributed by atoms with E-state index in [0.717, 1.165) is 25.8 Å². The molecule has 19 heavy (non-hydrogen) atoms. The van der Waals surface area contributed by atoms with Crippen LogP contribution in [0.1, 0.15) is 70.6 Å². The van der Waals surface area contributed by atoms with Crippen molar-refractivity contribution in [2.75, 3.05) is 6.54 Å². The second kappa shape index (κ2) is 7.88. The van der Waals surface area contributed by atoms with Gasteiger partial charge in [0.15, 0.2) is 0 Å². The maximum atomic E-state index is 12.3. The maximum absolute atomic E-state index is 12.3. The fourth-order valence-corrected chi connectivity index (χ4v) is 3.58. The predicted octanol–water partition coefficient (Wildman–Crippen LogP) is 2.98. The summed E-state index contributed by atoms with van der Waals surface area (Å²) in [5.41, 5.74) is 6.14. The van der Waals surface area contributed by atoms with Gasteiger partial charge in [0, 0.05) is 18.5 Å². The van der Waals surface area contributed by atoms with Crippen molar-refractivity contribution in [3.63, 3.8) is 0 Å². The normalized spacial score (nSPS) is 30.4. The molecular weight excluding hydrogens is 236 g/mol. The van der Waals surface area contributed by atoms with Crippen molar-refractivity contribution in [3.8, 4) is 0 Å². The Morgan fingerprint density at radius 1 is 0.895 bits per heavy atom. The SMILES string of the molecule is NC1CCCCC1CNC(=O)C1CCCCCCC1. The molecular formula is C16H30N2O. The summed E-state index contributed by atoms with van der Waals surface area (Å²) in [5.74, 6) is 1.06. The van der Waals surface area contributed by atoms with Crippen molar-refractivity contribution in [1.82, 2.24) is 5.32 Å². The van der Waals surface area contributed by atoms with Gasteiger partial charge in [-0.1, -0.05) is 44.9 Å². The Hall–Kier alpha value is -0.570. The van der Waals surface area contributed by atoms with Crippen LogP contribution in [-0.2, 0) is 4.79 Å². The van der Waals surface area contributed by atoms with E-state index in [2.05, 4.69) is 5.32 Å². The Balaban J connectivity index is 1.72. The molecule has 0 aromatic carbocycles. The number of nitrogens with one attached hydrogen (secondary N) is 1. The number of hydrogen-bond acceptors (Lipinski definition) is 2. The summed E-state index contributed by atoms with van der Waals surface area (Å²) in [7, 11) is 0. The van der Waals surface area contributed by atoms with Crippen molar-refractivity contribution < 1.29 is 4.79 Å². The number of carbonyl (C=O) groups is 1. The highest BCUT2D eigenvalue weighted by Crippen LogP contribution is 2.24. The first-order chi connectivity index (χ1) is 9.27. The summed E-state index contributed by atoms with van der Waals surface area (Å²) < 4.78 is 0. The molecule has 0 radical (unpaired) electrons. The van der Waals surface area contributed by atoms with Crippen LogP contribution in [-0.4, -0.2) is 18.5 Å². The lowest BCUT2D eigenvalue weighted by Crippen LogP contribution is -2.42. The molecule has 2 unspecified atom stereocenters. The van der Waals surface area contributed by atoms with Crippen molar-refractivity contribution in [2.45, 2.75) is 76.7 Å². The fraction of sp³-hybridized carbons (Fsp3) is 0.938. The van der Waals surface area contributed by atoms with Crippen LogP contribution < -0.4 is 11.1 Å². The summed E-state index contributed by atoms with van der Waals surface area (Å²) in [4.78, 5) is 12.3. The van der Waals surface area contributed by atoms with Gasteiger partial charge in [0.25, 0.3) is 0 Å². The van der Waals surface area contributed by atoms with Crippen LogP contribution in [0.2, 0.25) is 0 Å². The molecule has 0 heterocycles. The zero-order chi connectivity index (χ0) is 13.5. The Labute approximate surface area is 117 Å². The number of hydrogen-bond donors (Lipinski definition) is 2. The Morgan fingerprint density at radius 2 is 1.47 bits per heavy atom. The lowest BCUT2D eigenvalue weighted by atomic mass is 9.84. The third-order valence-electron chi connectivity index (χ3n) is 4.98. The summed E-state index contributed by atoms with van der Waals surface area (Å²) in [6.07, 6.45) is 13.4. The minimum absolute atomic E-state index is 0.264. The van der Waals surface area contributed by atoms with Gasteiger partial charge in [-0.15, -0.1) is 0 Å². The lowest BCUT2D eigenvalue weighted by Gasteiger charge is -2.29. The van der Waals surface area contributed by atoms with Gasteiger partial charge in [0.05, 0.1) is 0 Å². The second-order valence-electron chi connectivity index (χ2n) is 6.50. The van der Waals surface area contributed by atoms with E-state index in [-0.39, 0.29) is 5.92 Å². The van der Waals surface area contributed by atoms with E-state index in [9.17, 15) is 4.79 Å². The van der Waals surface area contributed by atoms with Gasteiger partial charge < -0.3 is 11.1 Å². The van der Waals surface area contributed by atoms with Crippen molar-refractivity contribution in [1.29, 1.82) is 0 Å². The molecule has 2 saturated carbocycles. The first-order valence-corrected chi connectivity index (χ1v) is 8.30. The zero-order valence-corrected chi connectivity index (χ0v) is 12.2. The standard InChI is InChI=1S/C16H30N2O/c17-15-11-7-6-10-14(15)12-18-16(19)13-8-4-2-1-3-5-9-13/h13-15H,1-12,17H2,(H,18,19). The summed E-state index contributed by atoms with van der Waals surface area (Å²) in [6.45, 7) is 0.802. The fourth-order valence-electron chi connectivity index (χ4n) is 3.58. The van der Waals surface area contributed by atoms with Crippen molar-refractivity contribution in [3.05, 3.63) is 0 Å². The number of nitrogens with two attached hydrogens (primary N) is 1. The Bertz CT molecular complexity index is 272. The minimum atomic E-state index is 0.264. The molecule has 0 aromatic heterocycles. The molecule has 0 saturated heterocycles. The molecule has 1 amide bonds. The minimum Gasteiger partial charge on any atom is -0.356 e. The molecule has 2 aliphatic rings. The van der Waals surface area contributed by atoms with Gasteiger partial charge in [-0.2, -0.15) is 0 Å². The van der Waals surface area contributed by atoms with E-state index < -0.39 is 0 Å². The summed E-state index contributed by atoms with van der Waals surface area (Å²) >= 11 is 0. The maximum Gasteiger partial charge on any atom is 0.223 e. The van der Waals surface area contributed by atoms with Crippen LogP contribution in [0.15, 0.2) is 0 Å². The van der Waals surface area contributed by atoms with Gasteiger partial charge in [-0.05, 0) is 31.6 Å². The highest BCUT2D eigenvalue weighted by atomic mass is 16.1. The smallest absolute Gasteiger partial charge is 0.223 e. The van der Waals surface area contributed by atoms with E-state index in [1.165, 1.54) is 51.4 Å². The van der Waals surface area contributed by atoms with Gasteiger partial charge in [0.1, 0.15) is 0 Å². The third-order valence-corrected chi connectivity index (χ3v) is 4.98. The molecule has 2 rings (SSSR count). The molecule has 0 spiro atoms. The predicted molar refractivity (Wildman–Crippen MR) is 78.8 cm³/mol. The Kier molecular flexibility index (Phi) is 6.15. The van der Waals surface area contributed by atoms with E-state index in [1.807, 2.05) is 0 Å². The molecule has 3 N–H and O–H groups in total. The number of carbonyl (C=O) groups excluding carboxylic acids is 1. The highest BCUT2D eigenvalue weighted by molar-refractivity contribution is 5.78. The topological polar surface area (TPSA) is 55.1 Å². The van der Waals surface area contributed by atoms with E-state index in [1.54, 1.807) is 0 Å². The van der Waals surface area contributed by atoms with Gasteiger partial charge in [-0.3, -0.25) is 4.79 Å². The van der Waals surface area contributed by atoms with Gasteiger partial charge in [0.2, 0.25) is 5.91 Å². The van der Waals surface area contributed by atoms with Crippen LogP contribution in [0.3, 0.4) is 0 Å². The zero-order valence-electron chi connectivity index (χ0n) is 12.2. The quantitative estimate of drug-likeness (QED) is 0.825. The number of amides is 1. The molecule has 2 aliphatic carbocycles. The van der Waals surface area contributed by atoms with Crippen molar-refractivity contribution >= 4 is 5.91 Å². The van der Waals surface area contributed by atoms with E-state index in [0.29, 0.717) is 17.9 Å². The van der Waals surface area contributed by atoms with Crippen molar-refractivity contribution in [2.24, 2.45) is 17.6 Å². The molecule has 110 valence electrons. The van der Waals surface area contributed by atoms with Crippen LogP contribution >= 0.6 is 0 Å². The monoisotopic (exact) mass is 266 g/mol. The lowest BCUT2D eigenvalue weighted by molar-refractivity contribution is -0.125. The van der Waals surface area contributed by atoms with E-state index in [4.69, 9.17) is 5.73 Å². The average molecular weight is 266 g/mol. The van der Waals surface area contributed by atoms with Crippen LogP contribution in [0.4, 0.5) is 0 Å². The van der Waals surface area contributed by atoms with Gasteiger partial charge >= 0.3 is 0 Å². The molecule has 0 aliphatic heterocycles. The molecule has 2 atom stereocenters. The molecule has 0 aromatic rings. The molecule has 0 bridgehead atoms. The molecule has 3 heteroatoms.